The lowest BCUT2D eigenvalue weighted by atomic mass is 10.2. The summed E-state index contributed by atoms with van der Waals surface area (Å²) in [5.41, 5.74) is 2.35. The molecule has 1 atom stereocenters. The quantitative estimate of drug-likeness (QED) is 0.875. The van der Waals surface area contributed by atoms with Gasteiger partial charge in [0, 0.05) is 31.4 Å². The number of pyridine rings is 1. The van der Waals surface area contributed by atoms with Gasteiger partial charge in [-0.1, -0.05) is 0 Å². The highest BCUT2D eigenvalue weighted by Gasteiger charge is 2.15. The van der Waals surface area contributed by atoms with Gasteiger partial charge in [0.05, 0.1) is 6.54 Å². The number of nitrogens with one attached hydrogen (secondary N) is 2. The van der Waals surface area contributed by atoms with Crippen molar-refractivity contribution in [3.8, 4) is 0 Å². The highest BCUT2D eigenvalue weighted by Crippen LogP contribution is 2.19. The average Bonchev–Trinajstić information content (AvgIpc) is 3.07. The summed E-state index contributed by atoms with van der Waals surface area (Å²) < 4.78 is 0. The van der Waals surface area contributed by atoms with Crippen LogP contribution in [0.2, 0.25) is 0 Å². The van der Waals surface area contributed by atoms with Crippen molar-refractivity contribution in [2.24, 2.45) is 4.99 Å². The molecule has 5 heteroatoms. The molecule has 0 bridgehead atoms. The molecular weight excluding hydrogens is 250 g/mol. The lowest BCUT2D eigenvalue weighted by Crippen LogP contribution is -2.37. The summed E-state index contributed by atoms with van der Waals surface area (Å²) in [6.07, 6.45) is 2.56. The molecule has 0 amide bonds. The zero-order valence-electron chi connectivity index (χ0n) is 12.3. The van der Waals surface area contributed by atoms with E-state index in [1.54, 1.807) is 0 Å². The molecule has 0 aliphatic carbocycles. The number of hydrogen-bond acceptors (Lipinski definition) is 5. The molecule has 1 unspecified atom stereocenters. The molecule has 2 aliphatic heterocycles. The molecule has 1 fully saturated rings. The number of aromatic nitrogens is 1. The van der Waals surface area contributed by atoms with E-state index in [4.69, 9.17) is 0 Å². The summed E-state index contributed by atoms with van der Waals surface area (Å²) in [5, 5.41) is 6.69. The van der Waals surface area contributed by atoms with Crippen LogP contribution in [0.15, 0.2) is 17.1 Å². The molecule has 0 spiro atoms. The third-order valence-corrected chi connectivity index (χ3v) is 3.80. The van der Waals surface area contributed by atoms with Crippen LogP contribution in [-0.2, 0) is 6.54 Å². The van der Waals surface area contributed by atoms with Crippen molar-refractivity contribution < 1.29 is 0 Å². The molecule has 0 radical (unpaired) electrons. The fraction of sp³-hybridized carbons (Fsp3) is 0.600. The maximum atomic E-state index is 4.66. The van der Waals surface area contributed by atoms with Crippen molar-refractivity contribution in [1.29, 1.82) is 0 Å². The number of anilines is 1. The van der Waals surface area contributed by atoms with Gasteiger partial charge in [0.2, 0.25) is 0 Å². The first-order valence-corrected chi connectivity index (χ1v) is 7.48. The van der Waals surface area contributed by atoms with Crippen LogP contribution in [0.4, 0.5) is 5.82 Å². The lowest BCUT2D eigenvalue weighted by Gasteiger charge is -2.18. The maximum absolute atomic E-state index is 4.66. The average molecular weight is 273 g/mol. The smallest absolute Gasteiger partial charge is 0.191 e. The predicted molar refractivity (Wildman–Crippen MR) is 82.2 cm³/mol. The van der Waals surface area contributed by atoms with Gasteiger partial charge in [0.1, 0.15) is 5.82 Å². The third kappa shape index (κ3) is 3.03. The Labute approximate surface area is 120 Å². The topological polar surface area (TPSA) is 52.6 Å². The van der Waals surface area contributed by atoms with Gasteiger partial charge in [-0.25, -0.2) is 4.98 Å². The van der Waals surface area contributed by atoms with Crippen LogP contribution in [0.3, 0.4) is 0 Å². The summed E-state index contributed by atoms with van der Waals surface area (Å²) in [4.78, 5) is 11.5. The Morgan fingerprint density at radius 1 is 1.35 bits per heavy atom. The van der Waals surface area contributed by atoms with E-state index < -0.39 is 0 Å². The summed E-state index contributed by atoms with van der Waals surface area (Å²) in [5.74, 6) is 2.03. The van der Waals surface area contributed by atoms with Gasteiger partial charge in [0.25, 0.3) is 0 Å². The van der Waals surface area contributed by atoms with Crippen LogP contribution in [0.5, 0.6) is 0 Å². The van der Waals surface area contributed by atoms with Crippen LogP contribution >= 0.6 is 0 Å². The van der Waals surface area contributed by atoms with E-state index in [1.807, 2.05) is 0 Å². The molecule has 0 aromatic carbocycles. The summed E-state index contributed by atoms with van der Waals surface area (Å²) in [7, 11) is 0. The van der Waals surface area contributed by atoms with Crippen LogP contribution in [0.25, 0.3) is 0 Å². The Morgan fingerprint density at radius 2 is 2.15 bits per heavy atom. The van der Waals surface area contributed by atoms with Crippen molar-refractivity contribution in [3.05, 3.63) is 23.4 Å². The number of rotatable bonds is 3. The summed E-state index contributed by atoms with van der Waals surface area (Å²) in [6.45, 7) is 8.13. The second-order valence-corrected chi connectivity index (χ2v) is 5.76. The third-order valence-electron chi connectivity index (χ3n) is 3.80. The van der Waals surface area contributed by atoms with E-state index in [0.29, 0.717) is 6.04 Å². The maximum Gasteiger partial charge on any atom is 0.191 e. The highest BCUT2D eigenvalue weighted by atomic mass is 15.2. The second kappa shape index (κ2) is 5.69. The normalized spacial score (nSPS) is 21.8. The van der Waals surface area contributed by atoms with Crippen molar-refractivity contribution in [2.45, 2.75) is 39.3 Å². The fourth-order valence-electron chi connectivity index (χ4n) is 2.78. The van der Waals surface area contributed by atoms with Gasteiger partial charge in [-0.3, -0.25) is 4.99 Å². The van der Waals surface area contributed by atoms with Crippen LogP contribution in [0.1, 0.15) is 31.0 Å². The van der Waals surface area contributed by atoms with E-state index >= 15 is 0 Å². The minimum Gasteiger partial charge on any atom is -0.357 e. The number of aryl methyl sites for hydroxylation is 1. The van der Waals surface area contributed by atoms with Gasteiger partial charge in [-0.05, 0) is 44.4 Å². The molecule has 5 nitrogen and oxygen atoms in total. The zero-order valence-corrected chi connectivity index (χ0v) is 12.3. The molecule has 1 saturated heterocycles. The van der Waals surface area contributed by atoms with E-state index in [1.165, 1.54) is 18.4 Å². The molecule has 0 saturated carbocycles. The Kier molecular flexibility index (Phi) is 3.76. The molecule has 3 heterocycles. The van der Waals surface area contributed by atoms with Gasteiger partial charge in [-0.15, -0.1) is 0 Å². The molecule has 20 heavy (non-hydrogen) atoms. The molecule has 108 valence electrons. The lowest BCUT2D eigenvalue weighted by molar-refractivity contribution is 0.713. The Hall–Kier alpha value is -1.78. The van der Waals surface area contributed by atoms with Crippen LogP contribution in [0, 0.1) is 6.92 Å². The van der Waals surface area contributed by atoms with Gasteiger partial charge < -0.3 is 15.5 Å². The van der Waals surface area contributed by atoms with E-state index in [-0.39, 0.29) is 0 Å². The van der Waals surface area contributed by atoms with Crippen molar-refractivity contribution in [1.82, 2.24) is 15.6 Å². The number of aliphatic imine (C=N–C) groups is 1. The molecule has 2 N–H and O–H groups in total. The molecular formula is C15H23N5. The molecule has 2 aliphatic rings. The Balaban J connectivity index is 1.66. The standard InChI is InChI=1S/C15H23N5/c1-11-7-13(10-17-15-16-9-12(2)19-15)8-14(18-11)20-5-3-4-6-20/h7-8,12H,3-6,9-10H2,1-2H3,(H2,16,17,19). The second-order valence-electron chi connectivity index (χ2n) is 5.76. The highest BCUT2D eigenvalue weighted by molar-refractivity contribution is 5.81. The Morgan fingerprint density at radius 3 is 2.85 bits per heavy atom. The first kappa shape index (κ1) is 13.2. The van der Waals surface area contributed by atoms with E-state index in [0.717, 1.165) is 43.7 Å². The van der Waals surface area contributed by atoms with Crippen molar-refractivity contribution >= 4 is 11.8 Å². The summed E-state index contributed by atoms with van der Waals surface area (Å²) in [6, 6.07) is 4.78. The molecule has 3 rings (SSSR count). The Bertz CT molecular complexity index is 505. The van der Waals surface area contributed by atoms with Gasteiger partial charge >= 0.3 is 0 Å². The van der Waals surface area contributed by atoms with Gasteiger partial charge in [0.15, 0.2) is 5.96 Å². The van der Waals surface area contributed by atoms with Gasteiger partial charge in [-0.2, -0.15) is 0 Å². The van der Waals surface area contributed by atoms with E-state index in [2.05, 4.69) is 51.5 Å². The largest absolute Gasteiger partial charge is 0.357 e. The monoisotopic (exact) mass is 273 g/mol. The van der Waals surface area contributed by atoms with Crippen molar-refractivity contribution in [2.75, 3.05) is 24.5 Å². The molecule has 1 aromatic heterocycles. The molecule has 1 aromatic rings. The SMILES string of the molecule is Cc1cc(CNC2=NCC(C)N2)cc(N2CCCC2)n1. The van der Waals surface area contributed by atoms with Crippen molar-refractivity contribution in [3.63, 3.8) is 0 Å². The zero-order chi connectivity index (χ0) is 13.9. The van der Waals surface area contributed by atoms with Crippen LogP contribution < -0.4 is 15.5 Å². The number of nitrogens with zero attached hydrogens (tertiary/aromatic N) is 3. The van der Waals surface area contributed by atoms with E-state index in [9.17, 15) is 0 Å². The predicted octanol–water partition coefficient (Wildman–Crippen LogP) is 1.43. The number of hydrogen-bond donors (Lipinski definition) is 2. The first-order valence-electron chi connectivity index (χ1n) is 7.48. The first-order chi connectivity index (χ1) is 9.70. The minimum atomic E-state index is 0.442. The summed E-state index contributed by atoms with van der Waals surface area (Å²) >= 11 is 0. The fourth-order valence-corrected chi connectivity index (χ4v) is 2.78. The minimum absolute atomic E-state index is 0.442. The number of guanidine groups is 1. The van der Waals surface area contributed by atoms with Crippen LogP contribution in [-0.4, -0.2) is 36.6 Å².